The van der Waals surface area contributed by atoms with Crippen LogP contribution in [0.3, 0.4) is 0 Å². The molecule has 9 heteroatoms. The molecule has 73 heavy (non-hydrogen) atoms. The van der Waals surface area contributed by atoms with Gasteiger partial charge in [-0.05, 0) is 122 Å². The Labute approximate surface area is 444 Å². The fourth-order valence-corrected chi connectivity index (χ4v) is 6.58. The van der Waals surface area contributed by atoms with Crippen LogP contribution in [0.2, 0.25) is 0 Å². The maximum atomic E-state index is 12.9. The minimum absolute atomic E-state index is 0.166. The molecule has 0 aliphatic carbocycles. The number of hydrogen-bond acceptors (Lipinski definition) is 7. The van der Waals surface area contributed by atoms with E-state index in [1.165, 1.54) is 0 Å². The second-order valence-electron chi connectivity index (χ2n) is 18.8. The van der Waals surface area contributed by atoms with Gasteiger partial charge in [-0.25, -0.2) is 4.79 Å². The standard InChI is InChI=1S/C64H99NO8/c1-6-8-10-12-14-16-18-20-22-24-26-28-29-30-31-32-33-35-37-39-41-43-45-47-49-51-53-55-62(67)73-60(59-72-64(63(68)69)70-57-56-65(3,4)5)58-71-61(66)54-52-50-48-46-44-42-40-38-36-34-27-25-23-21-19-17-15-13-11-9-7-2/h8-11,14-17,20-23,26-28,30-31,33-35,38-41,44,46,60,64H,6-7,12-13,18-19,24-25,29,32,36-37,42-43,45,47-59H2,1-5H3/p+1/b10-8-,11-9-,16-14-,17-15-,22-20-,23-21-,28-26-,31-30-,34-27-,35-33-,40-38-,41-39-,46-44-. The number of carboxylic acid groups (broad SMARTS) is 1. The van der Waals surface area contributed by atoms with E-state index in [0.29, 0.717) is 23.9 Å². The summed E-state index contributed by atoms with van der Waals surface area (Å²) < 4.78 is 22.8. The molecular weight excluding hydrogens is 911 g/mol. The van der Waals surface area contributed by atoms with Gasteiger partial charge in [-0.2, -0.15) is 0 Å². The second kappa shape index (κ2) is 53.2. The zero-order valence-electron chi connectivity index (χ0n) is 46.2. The molecule has 0 heterocycles. The van der Waals surface area contributed by atoms with Gasteiger partial charge < -0.3 is 28.5 Å². The zero-order valence-corrected chi connectivity index (χ0v) is 46.2. The molecule has 0 saturated heterocycles. The van der Waals surface area contributed by atoms with Crippen molar-refractivity contribution >= 4 is 17.9 Å². The number of hydrogen-bond donors (Lipinski definition) is 1. The fourth-order valence-electron chi connectivity index (χ4n) is 6.58. The Hall–Kier alpha value is -5.09. The third-order valence-corrected chi connectivity index (χ3v) is 10.8. The van der Waals surface area contributed by atoms with Gasteiger partial charge in [0.05, 0.1) is 34.4 Å². The van der Waals surface area contributed by atoms with E-state index in [2.05, 4.69) is 172 Å². The van der Waals surface area contributed by atoms with Crippen LogP contribution in [0.1, 0.15) is 168 Å². The number of allylic oxidation sites excluding steroid dienone is 26. The number of quaternary nitrogens is 1. The Bertz CT molecular complexity index is 1750. The first kappa shape index (κ1) is 67.9. The summed E-state index contributed by atoms with van der Waals surface area (Å²) in [7, 11) is 5.93. The van der Waals surface area contributed by atoms with Crippen LogP contribution in [-0.4, -0.2) is 87.4 Å². The number of unbranched alkanes of at least 4 members (excludes halogenated alkanes) is 7. The van der Waals surface area contributed by atoms with Gasteiger partial charge >= 0.3 is 17.9 Å². The lowest BCUT2D eigenvalue weighted by Gasteiger charge is -2.25. The van der Waals surface area contributed by atoms with Crippen LogP contribution in [0.4, 0.5) is 0 Å². The predicted molar refractivity (Wildman–Crippen MR) is 308 cm³/mol. The highest BCUT2D eigenvalue weighted by Crippen LogP contribution is 2.12. The number of carbonyl (C=O) groups excluding carboxylic acids is 2. The van der Waals surface area contributed by atoms with Gasteiger partial charge in [0.2, 0.25) is 0 Å². The van der Waals surface area contributed by atoms with Gasteiger partial charge in [0, 0.05) is 12.8 Å². The maximum absolute atomic E-state index is 12.9. The first-order chi connectivity index (χ1) is 35.6. The molecule has 0 radical (unpaired) electrons. The average molecular weight is 1010 g/mol. The summed E-state index contributed by atoms with van der Waals surface area (Å²) in [5, 5.41) is 9.69. The van der Waals surface area contributed by atoms with Crippen LogP contribution in [0.15, 0.2) is 158 Å². The number of likely N-dealkylation sites (N-methyl/N-ethyl adjacent to an activating group) is 1. The van der Waals surface area contributed by atoms with E-state index in [0.717, 1.165) is 128 Å². The van der Waals surface area contributed by atoms with Crippen LogP contribution < -0.4 is 0 Å². The quantitative estimate of drug-likeness (QED) is 0.0211. The molecule has 1 N–H and O–H groups in total. The predicted octanol–water partition coefficient (Wildman–Crippen LogP) is 16.2. The van der Waals surface area contributed by atoms with Gasteiger partial charge in [-0.1, -0.05) is 191 Å². The van der Waals surface area contributed by atoms with Crippen LogP contribution in [-0.2, 0) is 33.3 Å². The molecule has 0 aliphatic rings. The molecule has 2 unspecified atom stereocenters. The summed E-state index contributed by atoms with van der Waals surface area (Å²) in [5.74, 6) is -2.12. The molecule has 9 nitrogen and oxygen atoms in total. The monoisotopic (exact) mass is 1010 g/mol. The Morgan fingerprint density at radius 1 is 0.411 bits per heavy atom. The minimum atomic E-state index is -1.54. The third kappa shape index (κ3) is 54.5. The largest absolute Gasteiger partial charge is 0.477 e. The van der Waals surface area contributed by atoms with E-state index in [9.17, 15) is 19.5 Å². The summed E-state index contributed by atoms with van der Waals surface area (Å²) in [6, 6.07) is 0. The van der Waals surface area contributed by atoms with E-state index in [1.807, 2.05) is 21.1 Å². The lowest BCUT2D eigenvalue weighted by molar-refractivity contribution is -0.870. The van der Waals surface area contributed by atoms with Crippen molar-refractivity contribution in [3.63, 3.8) is 0 Å². The van der Waals surface area contributed by atoms with Crippen LogP contribution in [0.25, 0.3) is 0 Å². The molecule has 0 bridgehead atoms. The lowest BCUT2D eigenvalue weighted by Crippen LogP contribution is -2.40. The SMILES string of the molecule is CC/C=C\C/C=C\C/C=C\C/C=C\C/C=C\C/C=C\C/C=C\CCCCCCCC(=O)OC(COC(=O)CCCC/C=C\C/C=C\C/C=C\C/C=C\C/C=C\C/C=C\CC)COC(OCC[N+](C)(C)C)C(=O)O. The molecule has 0 fully saturated rings. The molecule has 0 saturated carbocycles. The van der Waals surface area contributed by atoms with Crippen LogP contribution in [0, 0.1) is 0 Å². The third-order valence-electron chi connectivity index (χ3n) is 10.8. The molecule has 0 rings (SSSR count). The fraction of sp³-hybridized carbons (Fsp3) is 0.547. The maximum Gasteiger partial charge on any atom is 0.361 e. The lowest BCUT2D eigenvalue weighted by atomic mass is 10.1. The Balaban J connectivity index is 4.46. The van der Waals surface area contributed by atoms with E-state index in [1.54, 1.807) is 0 Å². The highest BCUT2D eigenvalue weighted by Gasteiger charge is 2.25. The van der Waals surface area contributed by atoms with E-state index in [4.69, 9.17) is 18.9 Å². The number of esters is 2. The highest BCUT2D eigenvalue weighted by molar-refractivity contribution is 5.71. The molecular formula is C64H100NO8+. The van der Waals surface area contributed by atoms with Crippen molar-refractivity contribution in [2.75, 3.05) is 47.5 Å². The van der Waals surface area contributed by atoms with Gasteiger partial charge in [-0.3, -0.25) is 9.59 Å². The summed E-state index contributed by atoms with van der Waals surface area (Å²) in [6.07, 6.45) is 76.0. The van der Waals surface area contributed by atoms with E-state index in [-0.39, 0.29) is 32.7 Å². The Morgan fingerprint density at radius 2 is 0.740 bits per heavy atom. The average Bonchev–Trinajstić information content (AvgIpc) is 3.36. The summed E-state index contributed by atoms with van der Waals surface area (Å²) >= 11 is 0. The van der Waals surface area contributed by atoms with Crippen molar-refractivity contribution in [1.82, 2.24) is 0 Å². The summed E-state index contributed by atoms with van der Waals surface area (Å²) in [4.78, 5) is 37.4. The number of ether oxygens (including phenoxy) is 4. The van der Waals surface area contributed by atoms with Gasteiger partial charge in [-0.15, -0.1) is 0 Å². The van der Waals surface area contributed by atoms with Crippen molar-refractivity contribution in [3.8, 4) is 0 Å². The van der Waals surface area contributed by atoms with Crippen molar-refractivity contribution in [1.29, 1.82) is 0 Å². The van der Waals surface area contributed by atoms with Crippen molar-refractivity contribution in [3.05, 3.63) is 158 Å². The van der Waals surface area contributed by atoms with Crippen molar-refractivity contribution < 1.29 is 42.9 Å². The Morgan fingerprint density at radius 3 is 1.12 bits per heavy atom. The molecule has 2 atom stereocenters. The van der Waals surface area contributed by atoms with Crippen molar-refractivity contribution in [2.24, 2.45) is 0 Å². The molecule has 0 aromatic heterocycles. The van der Waals surface area contributed by atoms with Gasteiger partial charge in [0.1, 0.15) is 13.2 Å². The molecule has 408 valence electrons. The van der Waals surface area contributed by atoms with E-state index >= 15 is 0 Å². The second-order valence-corrected chi connectivity index (χ2v) is 18.8. The number of nitrogens with zero attached hydrogens (tertiary/aromatic N) is 1. The number of carboxylic acids is 1. The topological polar surface area (TPSA) is 108 Å². The minimum Gasteiger partial charge on any atom is -0.477 e. The molecule has 0 aliphatic heterocycles. The summed E-state index contributed by atoms with van der Waals surface area (Å²) in [5.41, 5.74) is 0. The highest BCUT2D eigenvalue weighted by atomic mass is 16.7. The first-order valence-corrected chi connectivity index (χ1v) is 27.6. The van der Waals surface area contributed by atoms with Crippen LogP contribution in [0.5, 0.6) is 0 Å². The number of aliphatic carboxylic acids is 1. The van der Waals surface area contributed by atoms with Gasteiger partial charge in [0.15, 0.2) is 6.10 Å². The van der Waals surface area contributed by atoms with Crippen molar-refractivity contribution in [2.45, 2.75) is 180 Å². The normalized spacial score (nSPS) is 14.0. The molecule has 0 aromatic carbocycles. The molecule has 0 amide bonds. The smallest absolute Gasteiger partial charge is 0.361 e. The zero-order chi connectivity index (χ0) is 53.4. The summed E-state index contributed by atoms with van der Waals surface area (Å²) in [6.45, 7) is 4.53. The van der Waals surface area contributed by atoms with Gasteiger partial charge in [0.25, 0.3) is 6.29 Å². The molecule has 0 aromatic rings. The number of rotatable bonds is 48. The first-order valence-electron chi connectivity index (χ1n) is 27.6. The van der Waals surface area contributed by atoms with Crippen LogP contribution >= 0.6 is 0 Å². The molecule has 0 spiro atoms. The Kier molecular flexibility index (Phi) is 49.5. The number of carbonyl (C=O) groups is 3. The van der Waals surface area contributed by atoms with E-state index < -0.39 is 30.3 Å².